The third kappa shape index (κ3) is 4.73. The van der Waals surface area contributed by atoms with Gasteiger partial charge in [-0.2, -0.15) is 31.3 Å². The molecule has 0 atom stereocenters. The van der Waals surface area contributed by atoms with Gasteiger partial charge in [0, 0.05) is 23.5 Å². The lowest BCUT2D eigenvalue weighted by Crippen LogP contribution is -2.17. The van der Waals surface area contributed by atoms with Crippen LogP contribution in [-0.4, -0.2) is 28.0 Å². The average molecular weight is 502 g/mol. The molecule has 0 aliphatic rings. The summed E-state index contributed by atoms with van der Waals surface area (Å²) in [5.74, 6) is 0.0242. The molecule has 0 unspecified atom stereocenters. The Bertz CT molecular complexity index is 1470. The summed E-state index contributed by atoms with van der Waals surface area (Å²) < 4.78 is 107. The molecule has 15 heteroatoms. The number of halogens is 6. The van der Waals surface area contributed by atoms with E-state index in [2.05, 4.69) is 15.1 Å². The highest BCUT2D eigenvalue weighted by atomic mass is 32.2. The van der Waals surface area contributed by atoms with E-state index in [-0.39, 0.29) is 29.8 Å². The highest BCUT2D eigenvalue weighted by molar-refractivity contribution is 7.92. The fraction of sp³-hybridized carbons (Fsp3) is 0.105. The van der Waals surface area contributed by atoms with Gasteiger partial charge in [-0.05, 0) is 36.4 Å². The zero-order valence-corrected chi connectivity index (χ0v) is 17.4. The molecule has 0 amide bonds. The van der Waals surface area contributed by atoms with E-state index in [4.69, 9.17) is 5.73 Å². The molecule has 1 aromatic carbocycles. The zero-order chi connectivity index (χ0) is 24.9. The topological polar surface area (TPSA) is 115 Å². The summed E-state index contributed by atoms with van der Waals surface area (Å²) in [5, 5.41) is 3.94. The van der Waals surface area contributed by atoms with Gasteiger partial charge in [-0.15, -0.1) is 5.10 Å². The number of benzene rings is 1. The first-order chi connectivity index (χ1) is 15.7. The Morgan fingerprint density at radius 2 is 1.53 bits per heavy atom. The maximum atomic E-state index is 13.1. The summed E-state index contributed by atoms with van der Waals surface area (Å²) >= 11 is 0. The third-order valence-electron chi connectivity index (χ3n) is 4.54. The first-order valence-corrected chi connectivity index (χ1v) is 10.6. The maximum Gasteiger partial charge on any atom is 0.416 e. The van der Waals surface area contributed by atoms with Gasteiger partial charge in [0.25, 0.3) is 10.0 Å². The van der Waals surface area contributed by atoms with Crippen molar-refractivity contribution in [2.24, 2.45) is 0 Å². The van der Waals surface area contributed by atoms with Crippen LogP contribution in [0.2, 0.25) is 0 Å². The first kappa shape index (κ1) is 23.3. The summed E-state index contributed by atoms with van der Waals surface area (Å²) in [5.41, 5.74) is 3.14. The average Bonchev–Trinajstić information content (AvgIpc) is 3.11. The Kier molecular flexibility index (Phi) is 5.38. The minimum atomic E-state index is -5.20. The molecule has 0 bridgehead atoms. The molecule has 0 saturated carbocycles. The number of hydrogen-bond donors (Lipinski definition) is 2. The molecule has 4 rings (SSSR count). The van der Waals surface area contributed by atoms with Crippen LogP contribution in [0.5, 0.6) is 0 Å². The van der Waals surface area contributed by atoms with Crippen LogP contribution in [0.1, 0.15) is 11.1 Å². The van der Waals surface area contributed by atoms with E-state index >= 15 is 0 Å². The smallest absolute Gasteiger partial charge is 0.366 e. The summed E-state index contributed by atoms with van der Waals surface area (Å²) in [4.78, 5) is 6.63. The van der Waals surface area contributed by atoms with Crippen molar-refractivity contribution >= 4 is 27.3 Å². The van der Waals surface area contributed by atoms with Crippen LogP contribution < -0.4 is 10.5 Å². The van der Waals surface area contributed by atoms with Crippen LogP contribution in [0.4, 0.5) is 38.0 Å². The molecule has 8 nitrogen and oxygen atoms in total. The van der Waals surface area contributed by atoms with Crippen LogP contribution in [-0.2, 0) is 22.4 Å². The van der Waals surface area contributed by atoms with Crippen molar-refractivity contribution < 1.29 is 34.8 Å². The molecule has 0 aliphatic heterocycles. The fourth-order valence-corrected chi connectivity index (χ4v) is 4.12. The normalized spacial score (nSPS) is 12.8. The van der Waals surface area contributed by atoms with Crippen LogP contribution in [0.25, 0.3) is 16.8 Å². The highest BCUT2D eigenvalue weighted by Gasteiger charge is 2.38. The summed E-state index contributed by atoms with van der Waals surface area (Å²) in [6.07, 6.45) is -6.46. The van der Waals surface area contributed by atoms with Gasteiger partial charge in [-0.25, -0.2) is 12.9 Å². The number of nitrogens with zero attached hydrogens (tertiary/aromatic N) is 4. The molecule has 3 heterocycles. The Balaban J connectivity index is 1.71. The molecular formula is C19H12F6N6O2S. The lowest BCUT2D eigenvalue weighted by atomic mass is 10.1. The van der Waals surface area contributed by atoms with Gasteiger partial charge in [-0.1, -0.05) is 0 Å². The molecule has 0 radical (unpaired) electrons. The molecule has 3 N–H and O–H groups in total. The number of nitrogens with one attached hydrogen (secondary N) is 1. The van der Waals surface area contributed by atoms with Crippen molar-refractivity contribution in [2.45, 2.75) is 17.2 Å². The third-order valence-corrected chi connectivity index (χ3v) is 5.90. The number of rotatable bonds is 4. The van der Waals surface area contributed by atoms with Crippen LogP contribution >= 0.6 is 0 Å². The number of nitrogens with two attached hydrogens (primary N) is 1. The lowest BCUT2D eigenvalue weighted by Gasteiger charge is -2.15. The number of fused-ring (bicyclic) bond motifs is 1. The summed E-state index contributed by atoms with van der Waals surface area (Å²) in [7, 11) is -4.84. The standard InChI is InChI=1S/C19H12F6N6O2S/c20-18(21,22)12-4-13(19(23,24)25)6-15(5-12)34(32,33)30-14-3-11(7-27-8-14)10-1-2-16-28-17(26)29-31(16)9-10/h1-9,30H,(H2,26,29). The zero-order valence-electron chi connectivity index (χ0n) is 16.6. The van der Waals surface area contributed by atoms with Gasteiger partial charge in [-0.3, -0.25) is 9.71 Å². The summed E-state index contributed by atoms with van der Waals surface area (Å²) in [6.45, 7) is 0. The minimum Gasteiger partial charge on any atom is -0.366 e. The van der Waals surface area contributed by atoms with Gasteiger partial charge in [0.2, 0.25) is 5.95 Å². The van der Waals surface area contributed by atoms with Crippen molar-refractivity contribution in [1.29, 1.82) is 0 Å². The molecule has 0 saturated heterocycles. The molecule has 4 aromatic rings. The number of sulfonamides is 1. The second kappa shape index (κ2) is 7.86. The number of anilines is 2. The number of aromatic nitrogens is 4. The van der Waals surface area contributed by atoms with Gasteiger partial charge in [0.15, 0.2) is 5.65 Å². The Hall–Kier alpha value is -3.88. The van der Waals surface area contributed by atoms with Gasteiger partial charge in [0.05, 0.1) is 27.9 Å². The number of pyridine rings is 2. The summed E-state index contributed by atoms with van der Waals surface area (Å²) in [6, 6.07) is 4.58. The van der Waals surface area contributed by atoms with Crippen LogP contribution in [0.15, 0.2) is 59.9 Å². The van der Waals surface area contributed by atoms with Crippen molar-refractivity contribution in [2.75, 3.05) is 10.5 Å². The number of alkyl halides is 6. The molecule has 34 heavy (non-hydrogen) atoms. The van der Waals surface area contributed by atoms with E-state index in [1.165, 1.54) is 23.0 Å². The van der Waals surface area contributed by atoms with Crippen LogP contribution in [0, 0.1) is 0 Å². The Morgan fingerprint density at radius 1 is 0.882 bits per heavy atom. The van der Waals surface area contributed by atoms with Crippen molar-refractivity contribution in [1.82, 2.24) is 19.6 Å². The molecule has 0 fully saturated rings. The Labute approximate surface area is 187 Å². The molecular weight excluding hydrogens is 490 g/mol. The molecule has 0 aliphatic carbocycles. The van der Waals surface area contributed by atoms with Crippen LogP contribution in [0.3, 0.4) is 0 Å². The maximum absolute atomic E-state index is 13.1. The Morgan fingerprint density at radius 3 is 2.15 bits per heavy atom. The minimum absolute atomic E-state index is 0.0242. The predicted octanol–water partition coefficient (Wildman–Crippen LogP) is 4.21. The molecule has 178 valence electrons. The van der Waals surface area contributed by atoms with E-state index < -0.39 is 38.4 Å². The van der Waals surface area contributed by atoms with E-state index in [0.29, 0.717) is 16.8 Å². The highest BCUT2D eigenvalue weighted by Crippen LogP contribution is 2.37. The van der Waals surface area contributed by atoms with Crippen molar-refractivity contribution in [3.8, 4) is 11.1 Å². The first-order valence-electron chi connectivity index (χ1n) is 9.12. The van der Waals surface area contributed by atoms with E-state index in [1.54, 1.807) is 12.1 Å². The van der Waals surface area contributed by atoms with Crippen molar-refractivity contribution in [3.05, 3.63) is 66.1 Å². The predicted molar refractivity (Wildman–Crippen MR) is 108 cm³/mol. The number of hydrogen-bond acceptors (Lipinski definition) is 6. The monoisotopic (exact) mass is 502 g/mol. The fourth-order valence-electron chi connectivity index (χ4n) is 3.02. The van der Waals surface area contributed by atoms with Gasteiger partial charge >= 0.3 is 12.4 Å². The second-order valence-electron chi connectivity index (χ2n) is 7.00. The largest absolute Gasteiger partial charge is 0.416 e. The van der Waals surface area contributed by atoms with E-state index in [9.17, 15) is 34.8 Å². The quantitative estimate of drug-likeness (QED) is 0.404. The number of nitrogen functional groups attached to an aromatic ring is 1. The van der Waals surface area contributed by atoms with E-state index in [1.807, 2.05) is 4.72 Å². The second-order valence-corrected chi connectivity index (χ2v) is 8.68. The molecule has 0 spiro atoms. The SMILES string of the molecule is Nc1nc2ccc(-c3cncc(NS(=O)(=O)c4cc(C(F)(F)F)cc(C(F)(F)F)c4)c3)cn2n1. The van der Waals surface area contributed by atoms with E-state index in [0.717, 1.165) is 6.20 Å². The molecule has 3 aromatic heterocycles. The van der Waals surface area contributed by atoms with Crippen molar-refractivity contribution in [3.63, 3.8) is 0 Å². The van der Waals surface area contributed by atoms with Gasteiger partial charge in [0.1, 0.15) is 0 Å². The lowest BCUT2D eigenvalue weighted by molar-refractivity contribution is -0.143. The van der Waals surface area contributed by atoms with Gasteiger partial charge < -0.3 is 5.73 Å².